The number of ether oxygens (including phenoxy) is 2. The van der Waals surface area contributed by atoms with Gasteiger partial charge in [0.2, 0.25) is 5.91 Å². The number of thioether (sulfide) groups is 1. The van der Waals surface area contributed by atoms with Gasteiger partial charge in [0, 0.05) is 18.7 Å². The van der Waals surface area contributed by atoms with Crippen molar-refractivity contribution in [1.82, 2.24) is 15.1 Å². The van der Waals surface area contributed by atoms with Crippen LogP contribution in [0.4, 0.5) is 0 Å². The molecular weight excluding hydrogens is 350 g/mol. The highest BCUT2D eigenvalue weighted by atomic mass is 32.2. The number of amides is 1. The molecule has 0 radical (unpaired) electrons. The largest absolute Gasteiger partial charge is 0.497 e. The van der Waals surface area contributed by atoms with Crippen molar-refractivity contribution in [2.24, 2.45) is 0 Å². The molecule has 2 heterocycles. The summed E-state index contributed by atoms with van der Waals surface area (Å²) in [5.74, 6) is 2.01. The van der Waals surface area contributed by atoms with E-state index >= 15 is 0 Å². The molecule has 0 N–H and O–H groups in total. The second-order valence-corrected chi connectivity index (χ2v) is 7.05. The Bertz CT molecular complexity index is 746. The molecule has 1 aliphatic heterocycles. The maximum absolute atomic E-state index is 12.2. The zero-order chi connectivity index (χ0) is 18.4. The first-order chi connectivity index (χ1) is 12.7. The number of carbonyl (C=O) groups is 1. The van der Waals surface area contributed by atoms with Crippen molar-refractivity contribution >= 4 is 17.7 Å². The molecule has 1 aliphatic rings. The van der Waals surface area contributed by atoms with Crippen LogP contribution in [0.25, 0.3) is 11.3 Å². The minimum absolute atomic E-state index is 0.176. The first-order valence-corrected chi connectivity index (χ1v) is 9.66. The topological polar surface area (TPSA) is 64.6 Å². The molecule has 1 aromatic heterocycles. The van der Waals surface area contributed by atoms with E-state index in [1.54, 1.807) is 14.2 Å². The Morgan fingerprint density at radius 2 is 1.88 bits per heavy atom. The van der Waals surface area contributed by atoms with Gasteiger partial charge < -0.3 is 14.4 Å². The summed E-state index contributed by atoms with van der Waals surface area (Å²) in [4.78, 5) is 14.2. The van der Waals surface area contributed by atoms with Gasteiger partial charge >= 0.3 is 0 Å². The van der Waals surface area contributed by atoms with Gasteiger partial charge in [0.1, 0.15) is 16.5 Å². The second kappa shape index (κ2) is 8.89. The van der Waals surface area contributed by atoms with Crippen LogP contribution in [-0.2, 0) is 4.79 Å². The lowest BCUT2D eigenvalue weighted by Crippen LogP contribution is -2.36. The Balaban J connectivity index is 1.66. The van der Waals surface area contributed by atoms with Crippen LogP contribution in [-0.4, -0.2) is 54.1 Å². The van der Waals surface area contributed by atoms with Crippen molar-refractivity contribution in [2.75, 3.05) is 33.1 Å². The van der Waals surface area contributed by atoms with E-state index in [2.05, 4.69) is 10.2 Å². The minimum Gasteiger partial charge on any atom is -0.497 e. The van der Waals surface area contributed by atoms with Crippen molar-refractivity contribution in [3.05, 3.63) is 30.3 Å². The Morgan fingerprint density at radius 3 is 2.54 bits per heavy atom. The van der Waals surface area contributed by atoms with Crippen molar-refractivity contribution in [1.29, 1.82) is 0 Å². The molecule has 1 aromatic carbocycles. The predicted octanol–water partition coefficient (Wildman–Crippen LogP) is 3.27. The number of piperidine rings is 1. The molecule has 2 aromatic rings. The summed E-state index contributed by atoms with van der Waals surface area (Å²) in [6.07, 6.45) is 3.43. The summed E-state index contributed by atoms with van der Waals surface area (Å²) in [5, 5.41) is 9.28. The Kier molecular flexibility index (Phi) is 6.33. The van der Waals surface area contributed by atoms with Gasteiger partial charge in [-0.3, -0.25) is 4.79 Å². The molecule has 26 heavy (non-hydrogen) atoms. The summed E-state index contributed by atoms with van der Waals surface area (Å²) < 4.78 is 10.7. The van der Waals surface area contributed by atoms with Crippen LogP contribution in [0, 0.1) is 0 Å². The molecule has 1 amide bonds. The smallest absolute Gasteiger partial charge is 0.232 e. The Hall–Kier alpha value is -2.28. The fraction of sp³-hybridized carbons (Fsp3) is 0.421. The predicted molar refractivity (Wildman–Crippen MR) is 102 cm³/mol. The third-order valence-corrected chi connectivity index (χ3v) is 5.28. The maximum atomic E-state index is 12.2. The lowest BCUT2D eigenvalue weighted by molar-refractivity contribution is -0.129. The number of nitrogens with zero attached hydrogens (tertiary/aromatic N) is 3. The molecule has 0 atom stereocenters. The zero-order valence-electron chi connectivity index (χ0n) is 15.1. The van der Waals surface area contributed by atoms with Crippen LogP contribution in [0.1, 0.15) is 19.3 Å². The number of aromatic nitrogens is 2. The third kappa shape index (κ3) is 4.46. The highest BCUT2D eigenvalue weighted by Crippen LogP contribution is 2.32. The van der Waals surface area contributed by atoms with E-state index in [4.69, 9.17) is 9.47 Å². The summed E-state index contributed by atoms with van der Waals surface area (Å²) in [6, 6.07) is 9.32. The van der Waals surface area contributed by atoms with Crippen molar-refractivity contribution < 1.29 is 14.3 Å². The number of hydrogen-bond acceptors (Lipinski definition) is 6. The lowest BCUT2D eigenvalue weighted by atomic mass is 10.1. The first-order valence-electron chi connectivity index (χ1n) is 8.68. The lowest BCUT2D eigenvalue weighted by Gasteiger charge is -2.26. The fourth-order valence-corrected chi connectivity index (χ4v) is 3.64. The van der Waals surface area contributed by atoms with Gasteiger partial charge in [-0.15, -0.1) is 10.2 Å². The van der Waals surface area contributed by atoms with E-state index < -0.39 is 0 Å². The maximum Gasteiger partial charge on any atom is 0.232 e. The number of carbonyl (C=O) groups excluding carboxylic acids is 1. The zero-order valence-corrected chi connectivity index (χ0v) is 15.9. The minimum atomic E-state index is 0.176. The van der Waals surface area contributed by atoms with Gasteiger partial charge in [-0.25, -0.2) is 0 Å². The molecule has 0 aliphatic carbocycles. The molecule has 1 saturated heterocycles. The molecule has 0 bridgehead atoms. The van der Waals surface area contributed by atoms with Crippen LogP contribution in [0.3, 0.4) is 0 Å². The molecular formula is C19H23N3O3S. The van der Waals surface area contributed by atoms with Crippen LogP contribution in [0.15, 0.2) is 35.4 Å². The van der Waals surface area contributed by atoms with E-state index in [1.165, 1.54) is 18.2 Å². The van der Waals surface area contributed by atoms with Gasteiger partial charge in [0.15, 0.2) is 0 Å². The average Bonchev–Trinajstić information content (AvgIpc) is 2.72. The van der Waals surface area contributed by atoms with Crippen molar-refractivity contribution in [3.63, 3.8) is 0 Å². The van der Waals surface area contributed by atoms with Gasteiger partial charge in [-0.05, 0) is 49.6 Å². The van der Waals surface area contributed by atoms with E-state index in [0.717, 1.165) is 42.3 Å². The summed E-state index contributed by atoms with van der Waals surface area (Å²) >= 11 is 1.42. The van der Waals surface area contributed by atoms with Crippen molar-refractivity contribution in [3.8, 4) is 22.8 Å². The molecule has 0 saturated carbocycles. The first kappa shape index (κ1) is 18.5. The summed E-state index contributed by atoms with van der Waals surface area (Å²) in [5.41, 5.74) is 1.52. The van der Waals surface area contributed by atoms with Gasteiger partial charge in [-0.1, -0.05) is 11.8 Å². The molecule has 0 spiro atoms. The fourth-order valence-electron chi connectivity index (χ4n) is 2.93. The van der Waals surface area contributed by atoms with Crippen LogP contribution < -0.4 is 9.47 Å². The number of methoxy groups -OCH3 is 2. The molecule has 138 valence electrons. The van der Waals surface area contributed by atoms with Crippen LogP contribution in [0.2, 0.25) is 0 Å². The highest BCUT2D eigenvalue weighted by molar-refractivity contribution is 7.99. The SMILES string of the molecule is COc1ccc(OC)c(-c2ccc(SCC(=O)N3CCCCC3)nn2)c1. The molecule has 6 nitrogen and oxygen atoms in total. The number of benzene rings is 1. The second-order valence-electron chi connectivity index (χ2n) is 6.05. The van der Waals surface area contributed by atoms with Crippen LogP contribution >= 0.6 is 11.8 Å². The van der Waals surface area contributed by atoms with E-state index in [-0.39, 0.29) is 5.91 Å². The van der Waals surface area contributed by atoms with Crippen LogP contribution in [0.5, 0.6) is 11.5 Å². The van der Waals surface area contributed by atoms with E-state index in [1.807, 2.05) is 35.2 Å². The number of rotatable bonds is 6. The molecule has 7 heteroatoms. The Morgan fingerprint density at radius 1 is 1.08 bits per heavy atom. The molecule has 0 unspecified atom stereocenters. The van der Waals surface area contributed by atoms with Gasteiger partial charge in [-0.2, -0.15) is 0 Å². The number of likely N-dealkylation sites (tertiary alicyclic amines) is 1. The quantitative estimate of drug-likeness (QED) is 0.724. The molecule has 3 rings (SSSR count). The monoisotopic (exact) mass is 373 g/mol. The van der Waals surface area contributed by atoms with E-state index in [0.29, 0.717) is 17.2 Å². The number of hydrogen-bond donors (Lipinski definition) is 0. The highest BCUT2D eigenvalue weighted by Gasteiger charge is 2.17. The van der Waals surface area contributed by atoms with Gasteiger partial charge in [0.25, 0.3) is 0 Å². The van der Waals surface area contributed by atoms with E-state index in [9.17, 15) is 4.79 Å². The van der Waals surface area contributed by atoms with Gasteiger partial charge in [0.05, 0.1) is 25.7 Å². The summed E-state index contributed by atoms with van der Waals surface area (Å²) in [6.45, 7) is 1.75. The molecule has 1 fully saturated rings. The Labute approximate surface area is 157 Å². The van der Waals surface area contributed by atoms with Crippen molar-refractivity contribution in [2.45, 2.75) is 24.3 Å². The third-order valence-electron chi connectivity index (χ3n) is 4.37. The normalized spacial score (nSPS) is 14.2. The summed E-state index contributed by atoms with van der Waals surface area (Å²) in [7, 11) is 3.24. The standard InChI is InChI=1S/C19H23N3O3S/c1-24-14-6-8-17(25-2)15(12-14)16-7-9-18(21-20-16)26-13-19(23)22-10-4-3-5-11-22/h6-9,12H,3-5,10-11,13H2,1-2H3. The average molecular weight is 373 g/mol.